The minimum Gasteiger partial charge on any atom is -0.444 e. The lowest BCUT2D eigenvalue weighted by Crippen LogP contribution is -2.44. The van der Waals surface area contributed by atoms with Crippen molar-refractivity contribution >= 4 is 23.4 Å². The van der Waals surface area contributed by atoms with E-state index < -0.39 is 5.60 Å². The zero-order valence-corrected chi connectivity index (χ0v) is 17.0. The van der Waals surface area contributed by atoms with E-state index in [0.717, 1.165) is 55.9 Å². The molecule has 0 aliphatic carbocycles. The molecule has 0 spiro atoms. The summed E-state index contributed by atoms with van der Waals surface area (Å²) in [7, 11) is 0. The Morgan fingerprint density at radius 3 is 2.15 bits per heavy atom. The van der Waals surface area contributed by atoms with Crippen LogP contribution in [0.3, 0.4) is 0 Å². The maximum absolute atomic E-state index is 12.2. The van der Waals surface area contributed by atoms with E-state index in [4.69, 9.17) is 16.3 Å². The fraction of sp³-hybridized carbons (Fsp3) is 0.667. The number of piperidine rings is 2. The number of ether oxygens (including phenoxy) is 1. The van der Waals surface area contributed by atoms with E-state index in [9.17, 15) is 4.79 Å². The Bertz CT molecular complexity index is 613. The highest BCUT2D eigenvalue weighted by Gasteiger charge is 2.32. The number of hydrogen-bond acceptors (Lipinski definition) is 3. The molecule has 0 aromatic heterocycles. The number of carbonyl (C=O) groups is 1. The third kappa shape index (κ3) is 5.06. The van der Waals surface area contributed by atoms with Gasteiger partial charge in [0.15, 0.2) is 0 Å². The molecule has 2 aliphatic rings. The van der Waals surface area contributed by atoms with Crippen LogP contribution in [0, 0.1) is 11.8 Å². The van der Waals surface area contributed by atoms with Gasteiger partial charge in [0.05, 0.1) is 0 Å². The van der Waals surface area contributed by atoms with Crippen molar-refractivity contribution in [3.63, 3.8) is 0 Å². The summed E-state index contributed by atoms with van der Waals surface area (Å²) in [6.45, 7) is 9.61. The molecule has 2 fully saturated rings. The first-order valence-corrected chi connectivity index (χ1v) is 10.2. The lowest BCUT2D eigenvalue weighted by atomic mass is 9.79. The average molecular weight is 379 g/mol. The molecule has 2 saturated heterocycles. The van der Waals surface area contributed by atoms with Crippen LogP contribution in [-0.4, -0.2) is 42.8 Å². The summed E-state index contributed by atoms with van der Waals surface area (Å²) < 4.78 is 5.50. The Hall–Kier alpha value is -1.42. The fourth-order valence-corrected chi connectivity index (χ4v) is 4.37. The monoisotopic (exact) mass is 378 g/mol. The summed E-state index contributed by atoms with van der Waals surface area (Å²) in [5.41, 5.74) is 0.817. The van der Waals surface area contributed by atoms with E-state index in [2.05, 4.69) is 17.0 Å². The zero-order chi connectivity index (χ0) is 18.7. The number of nitrogens with zero attached hydrogens (tertiary/aromatic N) is 2. The third-order valence-corrected chi connectivity index (χ3v) is 5.81. The molecule has 0 radical (unpaired) electrons. The maximum Gasteiger partial charge on any atom is 0.410 e. The molecule has 0 saturated carbocycles. The second-order valence-electron chi connectivity index (χ2n) is 8.61. The quantitative estimate of drug-likeness (QED) is 0.708. The number of likely N-dealkylation sites (tertiary alicyclic amines) is 1. The Morgan fingerprint density at radius 2 is 1.62 bits per heavy atom. The van der Waals surface area contributed by atoms with Crippen LogP contribution >= 0.6 is 11.6 Å². The van der Waals surface area contributed by atoms with Crippen molar-refractivity contribution in [3.05, 3.63) is 29.3 Å². The molecule has 0 atom stereocenters. The highest BCUT2D eigenvalue weighted by atomic mass is 35.5. The fourth-order valence-electron chi connectivity index (χ4n) is 4.18. The van der Waals surface area contributed by atoms with Crippen LogP contribution in [0.1, 0.15) is 46.5 Å². The summed E-state index contributed by atoms with van der Waals surface area (Å²) in [5, 5.41) is 0.805. The van der Waals surface area contributed by atoms with Crippen LogP contribution in [0.5, 0.6) is 0 Å². The molecule has 4 nitrogen and oxygen atoms in total. The van der Waals surface area contributed by atoms with Crippen LogP contribution < -0.4 is 4.90 Å². The summed E-state index contributed by atoms with van der Waals surface area (Å²) >= 11 is 6.12. The van der Waals surface area contributed by atoms with E-state index in [1.807, 2.05) is 37.8 Å². The van der Waals surface area contributed by atoms with Gasteiger partial charge in [0.25, 0.3) is 0 Å². The lowest BCUT2D eigenvalue weighted by molar-refractivity contribution is 0.0152. The smallest absolute Gasteiger partial charge is 0.410 e. The van der Waals surface area contributed by atoms with Gasteiger partial charge in [-0.25, -0.2) is 4.79 Å². The predicted octanol–water partition coefficient (Wildman–Crippen LogP) is 5.20. The standard InChI is InChI=1S/C21H31ClN2O2/c1-21(2,3)26-20(25)24-13-9-17(10-14-24)16-7-11-23(12-8-16)19-6-4-5-18(22)15-19/h4-6,15-17H,7-14H2,1-3H3. The van der Waals surface area contributed by atoms with Gasteiger partial charge in [-0.05, 0) is 76.5 Å². The molecule has 3 rings (SSSR count). The van der Waals surface area contributed by atoms with Crippen molar-refractivity contribution < 1.29 is 9.53 Å². The first kappa shape index (κ1) is 19.3. The number of halogens is 1. The van der Waals surface area contributed by atoms with E-state index in [1.54, 1.807) is 0 Å². The average Bonchev–Trinajstić information content (AvgIpc) is 2.61. The van der Waals surface area contributed by atoms with Gasteiger partial charge >= 0.3 is 6.09 Å². The molecule has 144 valence electrons. The van der Waals surface area contributed by atoms with Crippen molar-refractivity contribution in [2.45, 2.75) is 52.1 Å². The summed E-state index contributed by atoms with van der Waals surface area (Å²) in [6, 6.07) is 8.15. The Morgan fingerprint density at radius 1 is 1.04 bits per heavy atom. The molecule has 0 N–H and O–H groups in total. The molecule has 26 heavy (non-hydrogen) atoms. The van der Waals surface area contributed by atoms with Crippen LogP contribution in [-0.2, 0) is 4.74 Å². The summed E-state index contributed by atoms with van der Waals surface area (Å²) in [6.07, 6.45) is 4.49. The molecule has 0 bridgehead atoms. The van der Waals surface area contributed by atoms with E-state index in [1.165, 1.54) is 18.5 Å². The lowest BCUT2D eigenvalue weighted by Gasteiger charge is -2.41. The molecular formula is C21H31ClN2O2. The number of rotatable bonds is 2. The second-order valence-corrected chi connectivity index (χ2v) is 9.05. The number of carbonyl (C=O) groups excluding carboxylic acids is 1. The van der Waals surface area contributed by atoms with Gasteiger partial charge in [-0.15, -0.1) is 0 Å². The molecule has 2 aliphatic heterocycles. The van der Waals surface area contributed by atoms with Gasteiger partial charge in [-0.2, -0.15) is 0 Å². The third-order valence-electron chi connectivity index (χ3n) is 5.57. The highest BCUT2D eigenvalue weighted by Crippen LogP contribution is 2.34. The van der Waals surface area contributed by atoms with Crippen LogP contribution in [0.2, 0.25) is 5.02 Å². The molecule has 1 aromatic rings. The number of hydrogen-bond donors (Lipinski definition) is 0. The predicted molar refractivity (Wildman–Crippen MR) is 107 cm³/mol. The summed E-state index contributed by atoms with van der Waals surface area (Å²) in [5.74, 6) is 1.50. The SMILES string of the molecule is CC(C)(C)OC(=O)N1CCC(C2CCN(c3cccc(Cl)c3)CC2)CC1. The molecule has 1 amide bonds. The minimum atomic E-state index is -0.416. The second kappa shape index (κ2) is 8.08. The van der Waals surface area contributed by atoms with Crippen LogP contribution in [0.4, 0.5) is 10.5 Å². The van der Waals surface area contributed by atoms with Crippen molar-refractivity contribution in [3.8, 4) is 0 Å². The number of amides is 1. The Labute approximate surface area is 162 Å². The van der Waals surface area contributed by atoms with Crippen molar-refractivity contribution in [2.75, 3.05) is 31.1 Å². The Kier molecular flexibility index (Phi) is 6.01. The number of anilines is 1. The molecule has 5 heteroatoms. The van der Waals surface area contributed by atoms with Crippen LogP contribution in [0.25, 0.3) is 0 Å². The van der Waals surface area contributed by atoms with Crippen molar-refractivity contribution in [1.82, 2.24) is 4.90 Å². The molecular weight excluding hydrogens is 348 g/mol. The first-order valence-electron chi connectivity index (χ1n) is 9.80. The maximum atomic E-state index is 12.2. The normalized spacial score (nSPS) is 20.3. The minimum absolute atomic E-state index is 0.160. The first-order chi connectivity index (χ1) is 12.3. The molecule has 1 aromatic carbocycles. The van der Waals surface area contributed by atoms with Crippen LogP contribution in [0.15, 0.2) is 24.3 Å². The highest BCUT2D eigenvalue weighted by molar-refractivity contribution is 6.30. The van der Waals surface area contributed by atoms with E-state index in [-0.39, 0.29) is 6.09 Å². The van der Waals surface area contributed by atoms with Gasteiger partial charge < -0.3 is 14.5 Å². The molecule has 2 heterocycles. The van der Waals surface area contributed by atoms with Crippen molar-refractivity contribution in [1.29, 1.82) is 0 Å². The van der Waals surface area contributed by atoms with Gasteiger partial charge in [0.2, 0.25) is 0 Å². The zero-order valence-electron chi connectivity index (χ0n) is 16.2. The largest absolute Gasteiger partial charge is 0.444 e. The van der Waals surface area contributed by atoms with E-state index in [0.29, 0.717) is 0 Å². The number of benzene rings is 1. The van der Waals surface area contributed by atoms with Gasteiger partial charge in [0.1, 0.15) is 5.60 Å². The van der Waals surface area contributed by atoms with Crippen molar-refractivity contribution in [2.24, 2.45) is 11.8 Å². The topological polar surface area (TPSA) is 32.8 Å². The van der Waals surface area contributed by atoms with Gasteiger partial charge in [-0.3, -0.25) is 0 Å². The molecule has 0 unspecified atom stereocenters. The Balaban J connectivity index is 1.46. The van der Waals surface area contributed by atoms with Gasteiger partial charge in [-0.1, -0.05) is 17.7 Å². The van der Waals surface area contributed by atoms with E-state index >= 15 is 0 Å². The summed E-state index contributed by atoms with van der Waals surface area (Å²) in [4.78, 5) is 16.5. The van der Waals surface area contributed by atoms with Gasteiger partial charge in [0, 0.05) is 36.9 Å².